The molecule has 0 rings (SSSR count). The van der Waals surface area contributed by atoms with Crippen LogP contribution in [0.4, 0.5) is 0 Å². The Morgan fingerprint density at radius 3 is 0.766 bits per heavy atom. The van der Waals surface area contributed by atoms with E-state index in [1.165, 1.54) is 225 Å². The highest BCUT2D eigenvalue weighted by Gasteiger charge is 2.19. The molecule has 0 spiro atoms. The highest BCUT2D eigenvalue weighted by atomic mass is 16.6. The molecule has 0 amide bonds. The zero-order chi connectivity index (χ0) is 46.7. The lowest BCUT2D eigenvalue weighted by Crippen LogP contribution is -2.30. The van der Waals surface area contributed by atoms with E-state index in [2.05, 4.69) is 27.7 Å². The maximum atomic E-state index is 12.8. The molecule has 6 nitrogen and oxygen atoms in total. The minimum absolute atomic E-state index is 0.0621. The van der Waals surface area contributed by atoms with Crippen LogP contribution in [0.5, 0.6) is 0 Å². The van der Waals surface area contributed by atoms with Gasteiger partial charge in [-0.1, -0.05) is 291 Å². The summed E-state index contributed by atoms with van der Waals surface area (Å²) in [6, 6.07) is 0. The zero-order valence-corrected chi connectivity index (χ0v) is 43.8. The van der Waals surface area contributed by atoms with Crippen molar-refractivity contribution in [2.24, 2.45) is 5.92 Å². The van der Waals surface area contributed by atoms with Gasteiger partial charge in [0.25, 0.3) is 0 Å². The van der Waals surface area contributed by atoms with E-state index in [9.17, 15) is 14.4 Å². The Bertz CT molecular complexity index is 964. The monoisotopic (exact) mass is 905 g/mol. The number of esters is 3. The fourth-order valence-corrected chi connectivity index (χ4v) is 8.92. The number of hydrogen-bond acceptors (Lipinski definition) is 6. The average Bonchev–Trinajstić information content (AvgIpc) is 3.28. The minimum Gasteiger partial charge on any atom is -0.462 e. The van der Waals surface area contributed by atoms with Crippen molar-refractivity contribution >= 4 is 17.9 Å². The van der Waals surface area contributed by atoms with Crippen LogP contribution in [0.1, 0.15) is 329 Å². The number of hydrogen-bond donors (Lipinski definition) is 0. The number of rotatable bonds is 53. The lowest BCUT2D eigenvalue weighted by Gasteiger charge is -2.18. The predicted molar refractivity (Wildman–Crippen MR) is 275 cm³/mol. The van der Waals surface area contributed by atoms with Gasteiger partial charge in [0.15, 0.2) is 6.10 Å². The molecule has 6 heteroatoms. The zero-order valence-electron chi connectivity index (χ0n) is 43.8. The Labute approximate surface area is 399 Å². The van der Waals surface area contributed by atoms with Crippen molar-refractivity contribution in [3.05, 3.63) is 0 Å². The molecule has 0 aromatic rings. The molecule has 0 aromatic heterocycles. The van der Waals surface area contributed by atoms with Gasteiger partial charge in [-0.3, -0.25) is 14.4 Å². The standard InChI is InChI=1S/C58H112O6/c1-5-7-9-11-13-15-17-18-19-20-21-22-23-26-31-35-39-43-47-51-58(61)64-55(52-62-56(59)49-45-41-37-33-28-16-14-12-10-8-6-2)53-63-57(60)50-46-42-38-34-30-27-24-25-29-32-36-40-44-48-54(3)4/h54-55H,5-53H2,1-4H3/t55-/m0/s1. The van der Waals surface area contributed by atoms with Gasteiger partial charge < -0.3 is 14.2 Å². The van der Waals surface area contributed by atoms with Gasteiger partial charge in [-0.2, -0.15) is 0 Å². The van der Waals surface area contributed by atoms with Crippen LogP contribution in [0.3, 0.4) is 0 Å². The maximum absolute atomic E-state index is 12.8. The molecule has 0 aliphatic heterocycles. The molecule has 0 heterocycles. The maximum Gasteiger partial charge on any atom is 0.306 e. The second kappa shape index (κ2) is 52.4. The Kier molecular flexibility index (Phi) is 51.1. The Morgan fingerprint density at radius 2 is 0.516 bits per heavy atom. The molecular formula is C58H112O6. The number of unbranched alkanes of at least 4 members (excludes halogenated alkanes) is 40. The number of carbonyl (C=O) groups is 3. The minimum atomic E-state index is -0.761. The summed E-state index contributed by atoms with van der Waals surface area (Å²) >= 11 is 0. The summed E-state index contributed by atoms with van der Waals surface area (Å²) in [6.07, 6.45) is 56.7. The molecule has 0 aromatic carbocycles. The first-order valence-electron chi connectivity index (χ1n) is 28.9. The van der Waals surface area contributed by atoms with Crippen molar-refractivity contribution in [1.29, 1.82) is 0 Å². The summed E-state index contributed by atoms with van der Waals surface area (Å²) < 4.78 is 16.9. The highest BCUT2D eigenvalue weighted by molar-refractivity contribution is 5.71. The van der Waals surface area contributed by atoms with E-state index >= 15 is 0 Å². The largest absolute Gasteiger partial charge is 0.462 e. The van der Waals surface area contributed by atoms with E-state index in [1.807, 2.05) is 0 Å². The van der Waals surface area contributed by atoms with Gasteiger partial charge in [-0.15, -0.1) is 0 Å². The van der Waals surface area contributed by atoms with Crippen molar-refractivity contribution in [3.8, 4) is 0 Å². The first-order valence-corrected chi connectivity index (χ1v) is 28.9. The molecule has 0 saturated carbocycles. The third-order valence-corrected chi connectivity index (χ3v) is 13.3. The van der Waals surface area contributed by atoms with E-state index in [4.69, 9.17) is 14.2 Å². The molecule has 0 aliphatic carbocycles. The fourth-order valence-electron chi connectivity index (χ4n) is 8.92. The molecule has 0 unspecified atom stereocenters. The lowest BCUT2D eigenvalue weighted by molar-refractivity contribution is -0.167. The van der Waals surface area contributed by atoms with Crippen molar-refractivity contribution in [1.82, 2.24) is 0 Å². The number of ether oxygens (including phenoxy) is 3. The Morgan fingerprint density at radius 1 is 0.297 bits per heavy atom. The molecule has 0 bridgehead atoms. The lowest BCUT2D eigenvalue weighted by atomic mass is 10.0. The smallest absolute Gasteiger partial charge is 0.306 e. The Hall–Kier alpha value is -1.59. The van der Waals surface area contributed by atoms with Crippen LogP contribution in [-0.2, 0) is 28.6 Å². The van der Waals surface area contributed by atoms with Gasteiger partial charge in [0.05, 0.1) is 0 Å². The van der Waals surface area contributed by atoms with Gasteiger partial charge in [0.1, 0.15) is 13.2 Å². The third kappa shape index (κ3) is 51.4. The average molecular weight is 906 g/mol. The van der Waals surface area contributed by atoms with Crippen LogP contribution in [0.25, 0.3) is 0 Å². The van der Waals surface area contributed by atoms with E-state index in [0.29, 0.717) is 19.3 Å². The van der Waals surface area contributed by atoms with Crippen LogP contribution in [0, 0.1) is 5.92 Å². The fraction of sp³-hybridized carbons (Fsp3) is 0.948. The first-order chi connectivity index (χ1) is 31.4. The van der Waals surface area contributed by atoms with Gasteiger partial charge in [0, 0.05) is 19.3 Å². The van der Waals surface area contributed by atoms with Crippen molar-refractivity contribution in [2.45, 2.75) is 336 Å². The van der Waals surface area contributed by atoms with Crippen LogP contribution >= 0.6 is 0 Å². The summed E-state index contributed by atoms with van der Waals surface area (Å²) in [5, 5.41) is 0. The topological polar surface area (TPSA) is 78.9 Å². The molecule has 0 fully saturated rings. The Balaban J connectivity index is 4.25. The summed E-state index contributed by atoms with van der Waals surface area (Å²) in [4.78, 5) is 38.1. The molecule has 0 N–H and O–H groups in total. The van der Waals surface area contributed by atoms with Crippen LogP contribution in [-0.4, -0.2) is 37.2 Å². The summed E-state index contributed by atoms with van der Waals surface area (Å²) in [5.74, 6) is 0.00278. The second-order valence-corrected chi connectivity index (χ2v) is 20.4. The SMILES string of the molecule is CCCCCCCCCCCCCCCCCCCCCC(=O)O[C@@H](COC(=O)CCCCCCCCCCCCC)COC(=O)CCCCCCCCCCCCCCCC(C)C. The molecular weight excluding hydrogens is 793 g/mol. The second-order valence-electron chi connectivity index (χ2n) is 20.4. The molecule has 0 saturated heterocycles. The van der Waals surface area contributed by atoms with E-state index in [-0.39, 0.29) is 31.1 Å². The van der Waals surface area contributed by atoms with Crippen molar-refractivity contribution in [3.63, 3.8) is 0 Å². The van der Waals surface area contributed by atoms with E-state index in [1.54, 1.807) is 0 Å². The molecule has 1 atom stereocenters. The molecule has 64 heavy (non-hydrogen) atoms. The molecule has 0 radical (unpaired) electrons. The van der Waals surface area contributed by atoms with E-state index < -0.39 is 6.10 Å². The van der Waals surface area contributed by atoms with Gasteiger partial charge in [-0.25, -0.2) is 0 Å². The predicted octanol–water partition coefficient (Wildman–Crippen LogP) is 19.0. The summed E-state index contributed by atoms with van der Waals surface area (Å²) in [6.45, 7) is 9.05. The van der Waals surface area contributed by atoms with Gasteiger partial charge >= 0.3 is 17.9 Å². The van der Waals surface area contributed by atoms with Crippen LogP contribution in [0.15, 0.2) is 0 Å². The molecule has 0 aliphatic rings. The van der Waals surface area contributed by atoms with Crippen LogP contribution < -0.4 is 0 Å². The van der Waals surface area contributed by atoms with Crippen molar-refractivity contribution < 1.29 is 28.6 Å². The van der Waals surface area contributed by atoms with E-state index in [0.717, 1.165) is 63.7 Å². The van der Waals surface area contributed by atoms with Gasteiger partial charge in [-0.05, 0) is 25.2 Å². The molecule has 380 valence electrons. The van der Waals surface area contributed by atoms with Crippen molar-refractivity contribution in [2.75, 3.05) is 13.2 Å². The quantitative estimate of drug-likeness (QED) is 0.0344. The van der Waals surface area contributed by atoms with Gasteiger partial charge in [0.2, 0.25) is 0 Å². The third-order valence-electron chi connectivity index (χ3n) is 13.3. The normalized spacial score (nSPS) is 12.0. The first kappa shape index (κ1) is 62.4. The summed E-state index contributed by atoms with van der Waals surface area (Å²) in [5.41, 5.74) is 0. The van der Waals surface area contributed by atoms with Crippen LogP contribution in [0.2, 0.25) is 0 Å². The number of carbonyl (C=O) groups excluding carboxylic acids is 3. The summed E-state index contributed by atoms with van der Waals surface area (Å²) in [7, 11) is 0. The highest BCUT2D eigenvalue weighted by Crippen LogP contribution is 2.18.